The van der Waals surface area contributed by atoms with E-state index in [9.17, 15) is 0 Å². The molecule has 0 saturated carbocycles. The average Bonchev–Trinajstić information content (AvgIpc) is 1.87. The van der Waals surface area contributed by atoms with Crippen LogP contribution in [0, 0.1) is 0 Å². The molecular formula is C7H20N2Si. The van der Waals surface area contributed by atoms with Gasteiger partial charge in [0.2, 0.25) is 0 Å². The van der Waals surface area contributed by atoms with E-state index in [4.69, 9.17) is 0 Å². The predicted molar refractivity (Wildman–Crippen MR) is 49.6 cm³/mol. The second-order valence-electron chi connectivity index (χ2n) is 2.84. The molecule has 0 rings (SSSR count). The van der Waals surface area contributed by atoms with E-state index < -0.39 is 9.12 Å². The van der Waals surface area contributed by atoms with Crippen LogP contribution in [0.25, 0.3) is 0 Å². The van der Waals surface area contributed by atoms with Gasteiger partial charge < -0.3 is 9.96 Å². The van der Waals surface area contributed by atoms with Crippen LogP contribution in [0.2, 0.25) is 5.54 Å². The van der Waals surface area contributed by atoms with Crippen molar-refractivity contribution in [2.75, 3.05) is 13.1 Å². The first kappa shape index (κ1) is 10.1. The Balaban J connectivity index is 3.50. The second kappa shape index (κ2) is 5.89. The molecule has 3 heteroatoms. The van der Waals surface area contributed by atoms with E-state index in [-0.39, 0.29) is 0 Å². The van der Waals surface area contributed by atoms with E-state index in [2.05, 4.69) is 37.7 Å². The maximum Gasteiger partial charge on any atom is 0.187 e. The van der Waals surface area contributed by atoms with Gasteiger partial charge in [-0.25, -0.2) is 0 Å². The van der Waals surface area contributed by atoms with Crippen LogP contribution >= 0.6 is 0 Å². The van der Waals surface area contributed by atoms with E-state index in [1.54, 1.807) is 0 Å². The number of nitrogens with one attached hydrogen (secondary N) is 2. The van der Waals surface area contributed by atoms with E-state index in [1.807, 2.05) is 0 Å². The smallest absolute Gasteiger partial charge is 0.187 e. The van der Waals surface area contributed by atoms with E-state index in [1.165, 1.54) is 0 Å². The highest BCUT2D eigenvalue weighted by Gasteiger charge is 2.11. The van der Waals surface area contributed by atoms with E-state index in [0.717, 1.165) is 18.6 Å². The molecule has 0 aromatic rings. The lowest BCUT2D eigenvalue weighted by molar-refractivity contribution is 0.833. The summed E-state index contributed by atoms with van der Waals surface area (Å²) in [5, 5.41) is 0. The summed E-state index contributed by atoms with van der Waals surface area (Å²) in [5.74, 6) is 0. The fourth-order valence-electron chi connectivity index (χ4n) is 0.983. The largest absolute Gasteiger partial charge is 0.328 e. The van der Waals surface area contributed by atoms with Crippen LogP contribution in [0.3, 0.4) is 0 Å². The molecule has 0 spiro atoms. The van der Waals surface area contributed by atoms with Crippen molar-refractivity contribution in [2.24, 2.45) is 0 Å². The molecular weight excluding hydrogens is 140 g/mol. The normalized spacial score (nSPS) is 11.4. The standard InChI is InChI=1S/C7H20N2Si/c1-5-8-10(7(3)4)9-6-2/h7-10H,5-6H2,1-4H3. The monoisotopic (exact) mass is 160 g/mol. The lowest BCUT2D eigenvalue weighted by Crippen LogP contribution is -2.49. The zero-order valence-corrected chi connectivity index (χ0v) is 8.72. The Hall–Kier alpha value is 0.137. The third kappa shape index (κ3) is 4.03. The Kier molecular flexibility index (Phi) is 5.97. The molecule has 10 heavy (non-hydrogen) atoms. The third-order valence-electron chi connectivity index (χ3n) is 1.51. The molecule has 0 saturated heterocycles. The fraction of sp³-hybridized carbons (Fsp3) is 1.00. The van der Waals surface area contributed by atoms with Crippen molar-refractivity contribution in [1.82, 2.24) is 9.96 Å². The first-order valence-corrected chi connectivity index (χ1v) is 6.01. The molecule has 0 bridgehead atoms. The van der Waals surface area contributed by atoms with Crippen LogP contribution < -0.4 is 9.96 Å². The van der Waals surface area contributed by atoms with Gasteiger partial charge in [0.1, 0.15) is 0 Å². The Labute approximate surface area is 66.2 Å². The molecule has 0 atom stereocenters. The van der Waals surface area contributed by atoms with Gasteiger partial charge >= 0.3 is 0 Å². The molecule has 0 aliphatic heterocycles. The molecule has 2 nitrogen and oxygen atoms in total. The van der Waals surface area contributed by atoms with Crippen molar-refractivity contribution >= 4 is 9.12 Å². The molecule has 0 aromatic carbocycles. The van der Waals surface area contributed by atoms with Gasteiger partial charge in [-0.2, -0.15) is 0 Å². The summed E-state index contributed by atoms with van der Waals surface area (Å²) >= 11 is 0. The van der Waals surface area contributed by atoms with Crippen molar-refractivity contribution in [3.8, 4) is 0 Å². The van der Waals surface area contributed by atoms with Crippen molar-refractivity contribution in [1.29, 1.82) is 0 Å². The molecule has 0 heterocycles. The molecule has 0 amide bonds. The quantitative estimate of drug-likeness (QED) is 0.582. The Morgan fingerprint density at radius 2 is 1.50 bits per heavy atom. The van der Waals surface area contributed by atoms with Crippen molar-refractivity contribution in [3.05, 3.63) is 0 Å². The Morgan fingerprint density at radius 1 is 1.10 bits per heavy atom. The van der Waals surface area contributed by atoms with Gasteiger partial charge in [0.15, 0.2) is 9.12 Å². The minimum atomic E-state index is -0.807. The summed E-state index contributed by atoms with van der Waals surface area (Å²) in [4.78, 5) is 7.02. The minimum absolute atomic E-state index is 0.805. The van der Waals surface area contributed by atoms with Gasteiger partial charge in [-0.05, 0) is 18.6 Å². The summed E-state index contributed by atoms with van der Waals surface area (Å²) in [6.45, 7) is 11.1. The Bertz CT molecular complexity index is 70.0. The van der Waals surface area contributed by atoms with Crippen LogP contribution in [0.4, 0.5) is 0 Å². The van der Waals surface area contributed by atoms with Crippen LogP contribution in [-0.4, -0.2) is 22.2 Å². The molecule has 0 aromatic heterocycles. The van der Waals surface area contributed by atoms with Gasteiger partial charge in [0.25, 0.3) is 0 Å². The minimum Gasteiger partial charge on any atom is -0.328 e. The highest BCUT2D eigenvalue weighted by Crippen LogP contribution is 2.00. The van der Waals surface area contributed by atoms with Gasteiger partial charge in [0, 0.05) is 0 Å². The zero-order chi connectivity index (χ0) is 7.98. The van der Waals surface area contributed by atoms with Crippen LogP contribution in [0.1, 0.15) is 27.7 Å². The third-order valence-corrected chi connectivity index (χ3v) is 4.54. The highest BCUT2D eigenvalue weighted by atomic mass is 28.3. The topological polar surface area (TPSA) is 24.1 Å². The summed E-state index contributed by atoms with van der Waals surface area (Å²) < 4.78 is 0. The van der Waals surface area contributed by atoms with Crippen molar-refractivity contribution in [3.63, 3.8) is 0 Å². The summed E-state index contributed by atoms with van der Waals surface area (Å²) in [5.41, 5.74) is 0.805. The van der Waals surface area contributed by atoms with Crippen molar-refractivity contribution < 1.29 is 0 Å². The molecule has 62 valence electrons. The number of rotatable bonds is 5. The summed E-state index contributed by atoms with van der Waals surface area (Å²) in [6, 6.07) is 0. The maximum atomic E-state index is 3.51. The maximum absolute atomic E-state index is 3.51. The van der Waals surface area contributed by atoms with Crippen LogP contribution in [0.15, 0.2) is 0 Å². The van der Waals surface area contributed by atoms with Crippen LogP contribution in [-0.2, 0) is 0 Å². The van der Waals surface area contributed by atoms with Gasteiger partial charge in [-0.15, -0.1) is 0 Å². The first-order chi connectivity index (χ1) is 4.72. The summed E-state index contributed by atoms with van der Waals surface area (Å²) in [7, 11) is -0.807. The SMILES string of the molecule is CCN[SiH](NCC)C(C)C. The zero-order valence-electron chi connectivity index (χ0n) is 7.57. The lowest BCUT2D eigenvalue weighted by atomic mass is 10.6. The molecule has 0 fully saturated rings. The molecule has 0 aliphatic carbocycles. The average molecular weight is 160 g/mol. The highest BCUT2D eigenvalue weighted by molar-refractivity contribution is 6.54. The molecule has 2 N–H and O–H groups in total. The van der Waals surface area contributed by atoms with E-state index in [0.29, 0.717) is 0 Å². The Morgan fingerprint density at radius 3 is 1.70 bits per heavy atom. The van der Waals surface area contributed by atoms with Crippen molar-refractivity contribution in [2.45, 2.75) is 33.2 Å². The fourth-order valence-corrected chi connectivity index (χ4v) is 2.95. The van der Waals surface area contributed by atoms with Gasteiger partial charge in [0.05, 0.1) is 0 Å². The molecule has 0 aliphatic rings. The number of hydrogen-bond donors (Lipinski definition) is 2. The second-order valence-corrected chi connectivity index (χ2v) is 5.94. The number of hydrogen-bond acceptors (Lipinski definition) is 2. The molecule has 0 radical (unpaired) electrons. The predicted octanol–water partition coefficient (Wildman–Crippen LogP) is 0.836. The van der Waals surface area contributed by atoms with E-state index >= 15 is 0 Å². The molecule has 0 unspecified atom stereocenters. The summed E-state index contributed by atoms with van der Waals surface area (Å²) in [6.07, 6.45) is 0. The first-order valence-electron chi connectivity index (χ1n) is 4.19. The lowest BCUT2D eigenvalue weighted by Gasteiger charge is -2.19. The van der Waals surface area contributed by atoms with Gasteiger partial charge in [-0.3, -0.25) is 0 Å². The van der Waals surface area contributed by atoms with Crippen LogP contribution in [0.5, 0.6) is 0 Å². The van der Waals surface area contributed by atoms with Gasteiger partial charge in [-0.1, -0.05) is 27.7 Å².